The van der Waals surface area contributed by atoms with E-state index in [0.29, 0.717) is 20.7 Å². The molecule has 0 saturated carbocycles. The Hall–Kier alpha value is -1.76. The number of methoxy groups -OCH3 is 2. The van der Waals surface area contributed by atoms with Crippen LogP contribution in [-0.4, -0.2) is 31.7 Å². The minimum atomic E-state index is -0.339. The van der Waals surface area contributed by atoms with E-state index in [1.54, 1.807) is 14.2 Å². The summed E-state index contributed by atoms with van der Waals surface area (Å²) in [6.07, 6.45) is 1.68. The molecule has 1 heterocycles. The van der Waals surface area contributed by atoms with Gasteiger partial charge in [-0.15, -0.1) is 11.3 Å². The number of hydrogen-bond donors (Lipinski definition) is 2. The van der Waals surface area contributed by atoms with Crippen LogP contribution in [0.2, 0.25) is 4.34 Å². The molecule has 0 saturated heterocycles. The Morgan fingerprint density at radius 3 is 2.43 bits per heavy atom. The van der Waals surface area contributed by atoms with Gasteiger partial charge in [0.15, 0.2) is 11.5 Å². The highest BCUT2D eigenvalue weighted by molar-refractivity contribution is 7.18. The van der Waals surface area contributed by atoms with E-state index in [1.807, 2.05) is 39.0 Å². The summed E-state index contributed by atoms with van der Waals surface area (Å²) in [4.78, 5) is 13.5. The molecule has 0 radical (unpaired) electrons. The Morgan fingerprint density at radius 2 is 1.82 bits per heavy atom. The lowest BCUT2D eigenvalue weighted by Crippen LogP contribution is -2.41. The van der Waals surface area contributed by atoms with Crippen molar-refractivity contribution >= 4 is 28.8 Å². The lowest BCUT2D eigenvalue weighted by atomic mass is 9.75. The second-order valence-corrected chi connectivity index (χ2v) is 9.81. The molecule has 3 N–H and O–H groups in total. The smallest absolute Gasteiger partial charge is 0.262 e. The van der Waals surface area contributed by atoms with Crippen LogP contribution >= 0.6 is 22.9 Å². The molecule has 3 rings (SSSR count). The number of fused-ring (bicyclic) bond motifs is 1. The lowest BCUT2D eigenvalue weighted by Gasteiger charge is -2.32. The quantitative estimate of drug-likeness (QED) is 0.768. The Labute approximate surface area is 175 Å². The van der Waals surface area contributed by atoms with Gasteiger partial charge >= 0.3 is 0 Å². The number of aryl methyl sites for hydroxylation is 1. The Morgan fingerprint density at radius 1 is 1.18 bits per heavy atom. The SMILES string of the molecule is COc1cc2c(cc1OC)[C@H](c1cc(Cl)sc1C(=O)NC(C)(C)C)[C@@H](N)CC2. The molecule has 0 unspecified atom stereocenters. The molecule has 2 aromatic rings. The highest BCUT2D eigenvalue weighted by Crippen LogP contribution is 2.44. The molecular weight excluding hydrogens is 396 g/mol. The molecule has 1 aromatic carbocycles. The van der Waals surface area contributed by atoms with Gasteiger partial charge in [0.1, 0.15) is 0 Å². The maximum absolute atomic E-state index is 12.9. The molecule has 1 amide bonds. The number of amides is 1. The first-order valence-electron chi connectivity index (χ1n) is 9.26. The van der Waals surface area contributed by atoms with Gasteiger partial charge in [-0.2, -0.15) is 0 Å². The summed E-state index contributed by atoms with van der Waals surface area (Å²) in [5.41, 5.74) is 9.31. The van der Waals surface area contributed by atoms with Crippen LogP contribution in [0.1, 0.15) is 59.5 Å². The number of hydrogen-bond acceptors (Lipinski definition) is 5. The Balaban J connectivity index is 2.11. The predicted octanol–water partition coefficient (Wildman–Crippen LogP) is 4.35. The number of halogens is 1. The third-order valence-corrected chi connectivity index (χ3v) is 6.19. The standard InChI is InChI=1S/C21H27ClN2O3S/c1-21(2,3)24-20(25)19-13(10-17(22)28-19)18-12-9-16(27-5)15(26-4)8-11(12)6-7-14(18)23/h8-10,14,18H,6-7,23H2,1-5H3,(H,24,25)/t14-,18+/m0/s1. The summed E-state index contributed by atoms with van der Waals surface area (Å²) in [6, 6.07) is 5.75. The van der Waals surface area contributed by atoms with E-state index < -0.39 is 0 Å². The lowest BCUT2D eigenvalue weighted by molar-refractivity contribution is 0.0922. The third-order valence-electron chi connectivity index (χ3n) is 4.92. The van der Waals surface area contributed by atoms with Crippen molar-refractivity contribution in [3.63, 3.8) is 0 Å². The fourth-order valence-electron chi connectivity index (χ4n) is 3.74. The molecule has 152 valence electrons. The first kappa shape index (κ1) is 21.0. The zero-order valence-corrected chi connectivity index (χ0v) is 18.5. The normalized spacial score (nSPS) is 19.1. The van der Waals surface area contributed by atoms with E-state index in [2.05, 4.69) is 5.32 Å². The van der Waals surface area contributed by atoms with Crippen LogP contribution in [-0.2, 0) is 6.42 Å². The summed E-state index contributed by atoms with van der Waals surface area (Å²) < 4.78 is 11.5. The number of carbonyl (C=O) groups is 1. The molecular formula is C21H27ClN2O3S. The summed E-state index contributed by atoms with van der Waals surface area (Å²) >= 11 is 7.63. The van der Waals surface area contributed by atoms with E-state index in [9.17, 15) is 4.79 Å². The van der Waals surface area contributed by atoms with Crippen molar-refractivity contribution in [2.45, 2.75) is 51.1 Å². The maximum atomic E-state index is 12.9. The maximum Gasteiger partial charge on any atom is 0.262 e. The first-order valence-corrected chi connectivity index (χ1v) is 10.5. The number of nitrogens with one attached hydrogen (secondary N) is 1. The topological polar surface area (TPSA) is 73.6 Å². The molecule has 1 aromatic heterocycles. The van der Waals surface area contributed by atoms with E-state index in [1.165, 1.54) is 11.3 Å². The van der Waals surface area contributed by atoms with E-state index in [-0.39, 0.29) is 23.4 Å². The number of ether oxygens (including phenoxy) is 2. The third kappa shape index (κ3) is 4.14. The van der Waals surface area contributed by atoms with E-state index in [0.717, 1.165) is 29.5 Å². The van der Waals surface area contributed by atoms with Gasteiger partial charge in [-0.05, 0) is 68.5 Å². The molecule has 28 heavy (non-hydrogen) atoms. The highest BCUT2D eigenvalue weighted by atomic mass is 35.5. The van der Waals surface area contributed by atoms with Gasteiger partial charge in [0.2, 0.25) is 0 Å². The van der Waals surface area contributed by atoms with Crippen molar-refractivity contribution in [3.8, 4) is 11.5 Å². The van der Waals surface area contributed by atoms with Crippen LogP contribution in [0.5, 0.6) is 11.5 Å². The summed E-state index contributed by atoms with van der Waals surface area (Å²) in [7, 11) is 3.25. The number of thiophene rings is 1. The predicted molar refractivity (Wildman–Crippen MR) is 114 cm³/mol. The second-order valence-electron chi connectivity index (χ2n) is 8.13. The van der Waals surface area contributed by atoms with Crippen molar-refractivity contribution in [2.24, 2.45) is 5.73 Å². The van der Waals surface area contributed by atoms with E-state index >= 15 is 0 Å². The van der Waals surface area contributed by atoms with Gasteiger partial charge in [-0.1, -0.05) is 11.6 Å². The van der Waals surface area contributed by atoms with Crippen LogP contribution < -0.4 is 20.5 Å². The Bertz CT molecular complexity index is 889. The summed E-state index contributed by atoms with van der Waals surface area (Å²) in [5, 5.41) is 3.04. The highest BCUT2D eigenvalue weighted by Gasteiger charge is 2.34. The van der Waals surface area contributed by atoms with Gasteiger partial charge in [0.05, 0.1) is 23.4 Å². The molecule has 1 aliphatic carbocycles. The van der Waals surface area contributed by atoms with Crippen LogP contribution in [0, 0.1) is 0 Å². The zero-order valence-electron chi connectivity index (χ0n) is 16.9. The number of carbonyl (C=O) groups excluding carboxylic acids is 1. The molecule has 0 bridgehead atoms. The largest absolute Gasteiger partial charge is 0.493 e. The molecule has 0 fully saturated rings. The zero-order chi connectivity index (χ0) is 20.6. The first-order chi connectivity index (χ1) is 13.1. The van der Waals surface area contributed by atoms with Crippen LogP contribution in [0.3, 0.4) is 0 Å². The molecule has 0 aliphatic heterocycles. The van der Waals surface area contributed by atoms with Crippen LogP contribution in [0.4, 0.5) is 0 Å². The van der Waals surface area contributed by atoms with Crippen molar-refractivity contribution in [3.05, 3.63) is 44.1 Å². The van der Waals surface area contributed by atoms with E-state index in [4.69, 9.17) is 26.8 Å². The average molecular weight is 423 g/mol. The fourth-order valence-corrected chi connectivity index (χ4v) is 4.92. The van der Waals surface area contributed by atoms with Crippen molar-refractivity contribution in [2.75, 3.05) is 14.2 Å². The molecule has 1 aliphatic rings. The van der Waals surface area contributed by atoms with Gasteiger partial charge in [0.25, 0.3) is 5.91 Å². The molecule has 2 atom stereocenters. The van der Waals surface area contributed by atoms with Gasteiger partial charge < -0.3 is 20.5 Å². The minimum absolute atomic E-state index is 0.113. The monoisotopic (exact) mass is 422 g/mol. The summed E-state index contributed by atoms with van der Waals surface area (Å²) in [6.45, 7) is 5.87. The second kappa shape index (κ2) is 7.93. The fraction of sp³-hybridized carbons (Fsp3) is 0.476. The molecule has 0 spiro atoms. The molecule has 5 nitrogen and oxygen atoms in total. The van der Waals surface area contributed by atoms with Crippen molar-refractivity contribution in [1.29, 1.82) is 0 Å². The number of benzene rings is 1. The van der Waals surface area contributed by atoms with Crippen LogP contribution in [0.25, 0.3) is 0 Å². The number of rotatable bonds is 4. The molecule has 7 heteroatoms. The van der Waals surface area contributed by atoms with Gasteiger partial charge in [-0.3, -0.25) is 4.79 Å². The van der Waals surface area contributed by atoms with Gasteiger partial charge in [0, 0.05) is 17.5 Å². The Kier molecular flexibility index (Phi) is 5.94. The van der Waals surface area contributed by atoms with Crippen LogP contribution in [0.15, 0.2) is 18.2 Å². The van der Waals surface area contributed by atoms with Crippen molar-refractivity contribution < 1.29 is 14.3 Å². The van der Waals surface area contributed by atoms with Gasteiger partial charge in [-0.25, -0.2) is 0 Å². The summed E-state index contributed by atoms with van der Waals surface area (Å²) in [5.74, 6) is 1.10. The average Bonchev–Trinajstić information content (AvgIpc) is 3.00. The number of nitrogens with two attached hydrogens (primary N) is 1. The minimum Gasteiger partial charge on any atom is -0.493 e. The van der Waals surface area contributed by atoms with Crippen molar-refractivity contribution in [1.82, 2.24) is 5.32 Å².